The summed E-state index contributed by atoms with van der Waals surface area (Å²) in [5.74, 6) is -1.56. The van der Waals surface area contributed by atoms with E-state index in [4.69, 9.17) is 1.37 Å². The molecule has 0 radical (unpaired) electrons. The van der Waals surface area contributed by atoms with Gasteiger partial charge in [-0.05, 0) is 5.56 Å². The molecule has 1 aromatic carbocycles. The van der Waals surface area contributed by atoms with Gasteiger partial charge < -0.3 is 24.5 Å². The van der Waals surface area contributed by atoms with Gasteiger partial charge in [-0.25, -0.2) is 0 Å². The number of nitrogens with zero attached hydrogens (tertiary/aromatic N) is 4. The number of aliphatic hydroxyl groups excluding tert-OH is 1. The predicted octanol–water partition coefficient (Wildman–Crippen LogP) is -0.902. The Labute approximate surface area is 171 Å². The average molecular weight is 451 g/mol. The maximum absolute atomic E-state index is 12.7. The lowest BCUT2D eigenvalue weighted by atomic mass is 9.96. The van der Waals surface area contributed by atoms with Crippen LogP contribution in [0.5, 0.6) is 0 Å². The van der Waals surface area contributed by atoms with Crippen molar-refractivity contribution in [2.75, 3.05) is 6.61 Å². The highest BCUT2D eigenvalue weighted by Gasteiger charge is 2.46. The van der Waals surface area contributed by atoms with Gasteiger partial charge in [0.25, 0.3) is 20.3 Å². The fraction of sp³-hybridized carbons (Fsp3) is 0.462. The molecule has 18 heteroatoms. The van der Waals surface area contributed by atoms with Gasteiger partial charge in [-0.15, -0.1) is 40.5 Å². The van der Waals surface area contributed by atoms with Gasteiger partial charge in [-0.2, -0.15) is 0 Å². The number of benzene rings is 1. The van der Waals surface area contributed by atoms with Crippen LogP contribution in [0.2, 0.25) is 0 Å². The molecule has 5 atom stereocenters. The van der Waals surface area contributed by atoms with Crippen LogP contribution in [0.3, 0.4) is 0 Å². The summed E-state index contributed by atoms with van der Waals surface area (Å²) in [4.78, 5) is 72.2. The number of carbonyl (C=O) groups is 1. The molecule has 0 aromatic heterocycles. The smallest absolute Gasteiger partial charge is 0.295 e. The zero-order valence-corrected chi connectivity index (χ0v) is 15.0. The Morgan fingerprint density at radius 3 is 1.81 bits per heavy atom. The van der Waals surface area contributed by atoms with Crippen molar-refractivity contribution in [3.8, 4) is 0 Å². The molecule has 1 N–H and O–H groups in total. The molecule has 31 heavy (non-hydrogen) atoms. The van der Waals surface area contributed by atoms with E-state index in [1.165, 1.54) is 30.3 Å². The molecule has 0 bridgehead atoms. The molecule has 1 aromatic rings. The highest BCUT2D eigenvalue weighted by atomic mass is 17.0. The Morgan fingerprint density at radius 1 is 0.871 bits per heavy atom. The number of rotatable bonds is 15. The van der Waals surface area contributed by atoms with Crippen molar-refractivity contribution in [3.63, 3.8) is 0 Å². The molecule has 0 heterocycles. The van der Waals surface area contributed by atoms with Crippen molar-refractivity contribution < 1.29 is 51.0 Å². The summed E-state index contributed by atoms with van der Waals surface area (Å²) < 4.78 is 7.98. The monoisotopic (exact) mass is 451 g/mol. The third-order valence-electron chi connectivity index (χ3n) is 3.39. The molecule has 1 unspecified atom stereocenters. The Hall–Kier alpha value is -4.35. The second kappa shape index (κ2) is 11.6. The number of aliphatic hydroxyl groups is 1. The Balaban J connectivity index is 3.52. The van der Waals surface area contributed by atoms with Crippen LogP contribution >= 0.6 is 0 Å². The molecule has 0 amide bonds. The molecule has 0 aliphatic heterocycles. The van der Waals surface area contributed by atoms with Crippen LogP contribution in [0, 0.1) is 40.5 Å². The minimum absolute atomic E-state index is 0.0544. The van der Waals surface area contributed by atoms with Crippen LogP contribution in [-0.2, 0) is 30.5 Å². The normalized spacial score (nSPS) is 15.7. The largest absolute Gasteiger partial charge is 0.394 e. The summed E-state index contributed by atoms with van der Waals surface area (Å²) in [6.07, 6.45) is -12.5. The Bertz CT molecular complexity index is 841. The van der Waals surface area contributed by atoms with Crippen molar-refractivity contribution in [3.05, 3.63) is 76.4 Å². The maximum atomic E-state index is 12.7. The molecular formula is C13H14N4O14. The number of hydrogen-bond acceptors (Lipinski definition) is 14. The number of hydrogen-bond donors (Lipinski definition) is 1. The molecule has 0 spiro atoms. The minimum atomic E-state index is -2.76. The van der Waals surface area contributed by atoms with Gasteiger partial charge in [0.2, 0.25) is 0 Å². The van der Waals surface area contributed by atoms with Crippen LogP contribution in [0.25, 0.3) is 0 Å². The van der Waals surface area contributed by atoms with Gasteiger partial charge in [0.1, 0.15) is 0 Å². The van der Waals surface area contributed by atoms with Crippen LogP contribution in [0.4, 0.5) is 0 Å². The maximum Gasteiger partial charge on any atom is 0.295 e. The first-order chi connectivity index (χ1) is 15.0. The molecule has 0 saturated heterocycles. The Kier molecular flexibility index (Phi) is 8.58. The summed E-state index contributed by atoms with van der Waals surface area (Å²) in [5, 5.41) is 46.1. The van der Waals surface area contributed by atoms with Gasteiger partial charge in [0.05, 0.1) is 6.61 Å². The van der Waals surface area contributed by atoms with E-state index in [9.17, 15) is 50.4 Å². The lowest BCUT2D eigenvalue weighted by Gasteiger charge is -2.31. The summed E-state index contributed by atoms with van der Waals surface area (Å²) >= 11 is 0. The summed E-state index contributed by atoms with van der Waals surface area (Å²) in [6.45, 7) is -1.45. The van der Waals surface area contributed by atoms with E-state index in [0.717, 1.165) is 0 Å². The molecule has 0 aliphatic carbocycles. The van der Waals surface area contributed by atoms with Crippen molar-refractivity contribution in [2.24, 2.45) is 0 Å². The summed E-state index contributed by atoms with van der Waals surface area (Å²) in [7, 11) is 0. The van der Waals surface area contributed by atoms with Crippen molar-refractivity contribution in [1.82, 2.24) is 0 Å². The van der Waals surface area contributed by atoms with E-state index in [1.807, 2.05) is 0 Å². The first kappa shape index (κ1) is 22.9. The Morgan fingerprint density at radius 2 is 1.35 bits per heavy atom. The predicted molar refractivity (Wildman–Crippen MR) is 89.7 cm³/mol. The fourth-order valence-corrected chi connectivity index (χ4v) is 2.30. The molecular weight excluding hydrogens is 436 g/mol. The molecule has 170 valence electrons. The first-order valence-corrected chi connectivity index (χ1v) is 7.84. The first-order valence-electron chi connectivity index (χ1n) is 8.42. The van der Waals surface area contributed by atoms with Crippen LogP contribution in [0.1, 0.15) is 6.93 Å². The zero-order valence-electron chi connectivity index (χ0n) is 16.0. The number of Topliss-reactive ketones (excluding diaryl/α,β-unsaturated/α-hetero) is 1. The van der Waals surface area contributed by atoms with Crippen molar-refractivity contribution in [2.45, 2.75) is 30.8 Å². The SMILES string of the molecule is [2H]C(C(=O)[C@@H](O[N+](=O)[O-])[C@H](O[N+](=O)[O-])[C@@H](O[N+](=O)[O-])[C@@H](CO)O[N+](=O)[O-])c1ccccc1. The van der Waals surface area contributed by atoms with Crippen LogP contribution < -0.4 is 0 Å². The van der Waals surface area contributed by atoms with Gasteiger partial charge >= 0.3 is 0 Å². The average Bonchev–Trinajstić information content (AvgIpc) is 2.72. The van der Waals surface area contributed by atoms with Gasteiger partial charge in [-0.3, -0.25) is 4.79 Å². The molecule has 1 rings (SSSR count). The lowest BCUT2D eigenvalue weighted by Crippen LogP contribution is -2.55. The second-order valence-electron chi connectivity index (χ2n) is 5.34. The highest BCUT2D eigenvalue weighted by molar-refractivity contribution is 5.85. The third-order valence-corrected chi connectivity index (χ3v) is 3.39. The van der Waals surface area contributed by atoms with Crippen molar-refractivity contribution >= 4 is 5.78 Å². The number of ketones is 1. The standard InChI is InChI=1S/C13H14N4O14/c18-7-10(28-14(20)21)12(30-16(24)25)13(31-17(26)27)11(29-15(22)23)9(19)6-8-4-2-1-3-5-8/h1-5,10-13,18H,6-7H2/t10-,11-,12+,13+/m1/s1/i6D/t6?,10-,11-,12+,13+. The quantitative estimate of drug-likeness (QED) is 0.251. The lowest BCUT2D eigenvalue weighted by molar-refractivity contribution is -0.825. The van der Waals surface area contributed by atoms with E-state index in [-0.39, 0.29) is 5.56 Å². The van der Waals surface area contributed by atoms with E-state index in [1.54, 1.807) is 0 Å². The second-order valence-corrected chi connectivity index (χ2v) is 5.34. The molecule has 0 fully saturated rings. The fourth-order valence-electron chi connectivity index (χ4n) is 2.30. The van der Waals surface area contributed by atoms with E-state index >= 15 is 0 Å². The van der Waals surface area contributed by atoms with E-state index in [0.29, 0.717) is 0 Å². The van der Waals surface area contributed by atoms with Gasteiger partial charge in [-0.1, -0.05) is 30.3 Å². The topological polar surface area (TPSA) is 247 Å². The molecule has 0 saturated carbocycles. The highest BCUT2D eigenvalue weighted by Crippen LogP contribution is 2.21. The zero-order chi connectivity index (χ0) is 24.4. The van der Waals surface area contributed by atoms with Crippen LogP contribution in [-0.4, -0.2) is 62.3 Å². The summed E-state index contributed by atoms with van der Waals surface area (Å²) in [6, 6.07) is 6.79. The molecule has 0 aliphatic rings. The molecule has 18 nitrogen and oxygen atoms in total. The van der Waals surface area contributed by atoms with Crippen LogP contribution in [0.15, 0.2) is 30.3 Å². The van der Waals surface area contributed by atoms with Crippen molar-refractivity contribution in [1.29, 1.82) is 0 Å². The summed E-state index contributed by atoms with van der Waals surface area (Å²) in [5.41, 5.74) is -0.0544. The minimum Gasteiger partial charge on any atom is -0.394 e. The van der Waals surface area contributed by atoms with Gasteiger partial charge in [0, 0.05) is 7.77 Å². The van der Waals surface area contributed by atoms with E-state index in [2.05, 4.69) is 19.4 Å². The van der Waals surface area contributed by atoms with Gasteiger partial charge in [0.15, 0.2) is 30.2 Å². The number of carbonyl (C=O) groups excluding carboxylic acids is 1. The third kappa shape index (κ3) is 8.27. The van der Waals surface area contributed by atoms with E-state index < -0.39 is 63.5 Å².